The lowest BCUT2D eigenvalue weighted by Gasteiger charge is -2.22. The second-order valence-electron chi connectivity index (χ2n) is 4.60. The Morgan fingerprint density at radius 1 is 1.11 bits per heavy atom. The minimum Gasteiger partial charge on any atom is -0.490 e. The summed E-state index contributed by atoms with van der Waals surface area (Å²) in [5, 5.41) is 0. The van der Waals surface area contributed by atoms with Crippen molar-refractivity contribution >= 4 is 15.6 Å². The molecular formula is C13H16O4S. The average Bonchev–Trinajstić information content (AvgIpc) is 2.32. The van der Waals surface area contributed by atoms with E-state index in [1.54, 1.807) is 24.3 Å². The number of ether oxygens (including phenoxy) is 1. The van der Waals surface area contributed by atoms with Crippen LogP contribution in [0.3, 0.4) is 0 Å². The molecule has 1 aromatic carbocycles. The van der Waals surface area contributed by atoms with Crippen molar-refractivity contribution in [2.24, 2.45) is 0 Å². The molecule has 18 heavy (non-hydrogen) atoms. The topological polar surface area (TPSA) is 60.4 Å². The van der Waals surface area contributed by atoms with E-state index in [1.165, 1.54) is 6.26 Å². The molecule has 0 saturated heterocycles. The van der Waals surface area contributed by atoms with E-state index in [0.29, 0.717) is 24.4 Å². The first-order chi connectivity index (χ1) is 8.45. The van der Waals surface area contributed by atoms with Crippen molar-refractivity contribution in [3.63, 3.8) is 0 Å². The highest BCUT2D eigenvalue weighted by Crippen LogP contribution is 2.23. The molecule has 2 rings (SSSR count). The Bertz CT molecular complexity index is 521. The number of carbonyl (C=O) groups excluding carboxylic acids is 1. The fourth-order valence-electron chi connectivity index (χ4n) is 1.99. The first kappa shape index (κ1) is 13.1. The van der Waals surface area contributed by atoms with E-state index in [0.717, 1.165) is 12.8 Å². The lowest BCUT2D eigenvalue weighted by atomic mass is 9.96. The van der Waals surface area contributed by atoms with E-state index in [9.17, 15) is 13.2 Å². The summed E-state index contributed by atoms with van der Waals surface area (Å²) in [4.78, 5) is 11.4. The summed E-state index contributed by atoms with van der Waals surface area (Å²) >= 11 is 0. The van der Waals surface area contributed by atoms with Crippen molar-refractivity contribution in [3.8, 4) is 5.75 Å². The number of Topliss-reactive ketones (excluding diaryl/α,β-unsaturated/α-hetero) is 1. The van der Waals surface area contributed by atoms with Crippen molar-refractivity contribution in [3.05, 3.63) is 24.3 Å². The molecule has 1 fully saturated rings. The molecule has 1 aliphatic rings. The third-order valence-electron chi connectivity index (χ3n) is 3.04. The summed E-state index contributed by atoms with van der Waals surface area (Å²) in [5.74, 6) is 0.948. The number of hydrogen-bond donors (Lipinski definition) is 0. The van der Waals surface area contributed by atoms with Gasteiger partial charge in [-0.2, -0.15) is 0 Å². The van der Waals surface area contributed by atoms with Gasteiger partial charge in [-0.15, -0.1) is 0 Å². The van der Waals surface area contributed by atoms with Gasteiger partial charge >= 0.3 is 0 Å². The molecule has 0 amide bonds. The zero-order valence-electron chi connectivity index (χ0n) is 10.3. The smallest absolute Gasteiger partial charge is 0.175 e. The van der Waals surface area contributed by atoms with Gasteiger partial charge in [0.1, 0.15) is 11.5 Å². The van der Waals surface area contributed by atoms with Gasteiger partial charge in [-0.1, -0.05) is 0 Å². The van der Waals surface area contributed by atoms with Crippen molar-refractivity contribution in [2.75, 3.05) is 6.26 Å². The minimum absolute atomic E-state index is 0.0618. The molecule has 4 nitrogen and oxygen atoms in total. The Labute approximate surface area is 107 Å². The Kier molecular flexibility index (Phi) is 3.71. The van der Waals surface area contributed by atoms with E-state index >= 15 is 0 Å². The normalized spacial score (nSPS) is 17.7. The third-order valence-corrected chi connectivity index (χ3v) is 4.17. The maximum absolute atomic E-state index is 11.3. The number of sulfone groups is 1. The van der Waals surface area contributed by atoms with Gasteiger partial charge in [0.25, 0.3) is 0 Å². The minimum atomic E-state index is -3.16. The zero-order chi connectivity index (χ0) is 13.2. The van der Waals surface area contributed by atoms with Gasteiger partial charge in [0.15, 0.2) is 9.84 Å². The molecule has 0 bridgehead atoms. The standard InChI is InChI=1S/C13H16O4S/c1-18(15,16)13-8-6-12(7-9-13)17-11-4-2-10(14)3-5-11/h6-9,11H,2-5H2,1H3. The molecule has 1 aromatic rings. The molecule has 5 heteroatoms. The molecule has 0 aromatic heterocycles. The molecule has 0 atom stereocenters. The van der Waals surface area contributed by atoms with Crippen LogP contribution < -0.4 is 4.74 Å². The van der Waals surface area contributed by atoms with Crippen LogP contribution in [0, 0.1) is 0 Å². The number of ketones is 1. The van der Waals surface area contributed by atoms with Crippen LogP contribution in [0.15, 0.2) is 29.2 Å². The fourth-order valence-corrected chi connectivity index (χ4v) is 2.62. The van der Waals surface area contributed by atoms with E-state index in [2.05, 4.69) is 0 Å². The van der Waals surface area contributed by atoms with E-state index in [-0.39, 0.29) is 11.0 Å². The van der Waals surface area contributed by atoms with Crippen LogP contribution in [0.5, 0.6) is 5.75 Å². The van der Waals surface area contributed by atoms with Crippen molar-refractivity contribution in [2.45, 2.75) is 36.7 Å². The van der Waals surface area contributed by atoms with Gasteiger partial charge in [0.2, 0.25) is 0 Å². The molecule has 0 heterocycles. The number of carbonyl (C=O) groups is 1. The Hall–Kier alpha value is -1.36. The summed E-state index contributed by atoms with van der Waals surface area (Å²) in [6, 6.07) is 6.40. The van der Waals surface area contributed by atoms with Gasteiger partial charge in [-0.25, -0.2) is 8.42 Å². The monoisotopic (exact) mass is 268 g/mol. The molecular weight excluding hydrogens is 252 g/mol. The maximum atomic E-state index is 11.3. The van der Waals surface area contributed by atoms with E-state index in [4.69, 9.17) is 4.74 Å². The highest BCUT2D eigenvalue weighted by molar-refractivity contribution is 7.90. The lowest BCUT2D eigenvalue weighted by molar-refractivity contribution is -0.121. The van der Waals surface area contributed by atoms with Crippen molar-refractivity contribution in [1.82, 2.24) is 0 Å². The SMILES string of the molecule is CS(=O)(=O)c1ccc(OC2CCC(=O)CC2)cc1. The molecule has 98 valence electrons. The quantitative estimate of drug-likeness (QED) is 0.841. The lowest BCUT2D eigenvalue weighted by Crippen LogP contribution is -2.23. The van der Waals surface area contributed by atoms with Crippen molar-refractivity contribution < 1.29 is 17.9 Å². The van der Waals surface area contributed by atoms with Crippen LogP contribution in [0.2, 0.25) is 0 Å². The maximum Gasteiger partial charge on any atom is 0.175 e. The predicted octanol–water partition coefficient (Wildman–Crippen LogP) is 1.98. The first-order valence-corrected chi connectivity index (χ1v) is 7.83. The molecule has 0 aliphatic heterocycles. The van der Waals surface area contributed by atoms with Gasteiger partial charge in [-0.3, -0.25) is 4.79 Å². The molecule has 1 saturated carbocycles. The van der Waals surface area contributed by atoms with E-state index in [1.807, 2.05) is 0 Å². The van der Waals surface area contributed by atoms with Crippen LogP contribution in [-0.4, -0.2) is 26.6 Å². The largest absolute Gasteiger partial charge is 0.490 e. The van der Waals surface area contributed by atoms with Crippen molar-refractivity contribution in [1.29, 1.82) is 0 Å². The molecule has 0 unspecified atom stereocenters. The van der Waals surface area contributed by atoms with E-state index < -0.39 is 9.84 Å². The third kappa shape index (κ3) is 3.32. The molecule has 0 spiro atoms. The Morgan fingerprint density at radius 2 is 1.67 bits per heavy atom. The van der Waals surface area contributed by atoms with Crippen LogP contribution in [-0.2, 0) is 14.6 Å². The second kappa shape index (κ2) is 5.10. The highest BCUT2D eigenvalue weighted by Gasteiger charge is 2.20. The molecule has 0 N–H and O–H groups in total. The number of rotatable bonds is 3. The van der Waals surface area contributed by atoms with Crippen LogP contribution >= 0.6 is 0 Å². The van der Waals surface area contributed by atoms with Crippen LogP contribution in [0.4, 0.5) is 0 Å². The summed E-state index contributed by atoms with van der Waals surface area (Å²) < 4.78 is 28.3. The van der Waals surface area contributed by atoms with Crippen LogP contribution in [0.1, 0.15) is 25.7 Å². The summed E-state index contributed by atoms with van der Waals surface area (Å²) in [6.07, 6.45) is 3.87. The second-order valence-corrected chi connectivity index (χ2v) is 6.62. The summed E-state index contributed by atoms with van der Waals surface area (Å²) in [7, 11) is -3.16. The first-order valence-electron chi connectivity index (χ1n) is 5.93. The summed E-state index contributed by atoms with van der Waals surface area (Å²) in [6.45, 7) is 0. The highest BCUT2D eigenvalue weighted by atomic mass is 32.2. The van der Waals surface area contributed by atoms with Gasteiger partial charge in [0, 0.05) is 19.1 Å². The molecule has 1 aliphatic carbocycles. The Balaban J connectivity index is 2.00. The summed E-state index contributed by atoms with van der Waals surface area (Å²) in [5.41, 5.74) is 0. The fraction of sp³-hybridized carbons (Fsp3) is 0.462. The Morgan fingerprint density at radius 3 is 2.17 bits per heavy atom. The molecule has 0 radical (unpaired) electrons. The number of benzene rings is 1. The predicted molar refractivity (Wildman–Crippen MR) is 67.4 cm³/mol. The van der Waals surface area contributed by atoms with Gasteiger partial charge in [-0.05, 0) is 37.1 Å². The number of hydrogen-bond acceptors (Lipinski definition) is 4. The average molecular weight is 268 g/mol. The van der Waals surface area contributed by atoms with Gasteiger partial charge < -0.3 is 4.74 Å². The zero-order valence-corrected chi connectivity index (χ0v) is 11.1. The van der Waals surface area contributed by atoms with Crippen LogP contribution in [0.25, 0.3) is 0 Å². The van der Waals surface area contributed by atoms with Gasteiger partial charge in [0.05, 0.1) is 11.0 Å².